The summed E-state index contributed by atoms with van der Waals surface area (Å²) in [5, 5.41) is 3.45. The van der Waals surface area contributed by atoms with E-state index in [1.54, 1.807) is 0 Å². The van der Waals surface area contributed by atoms with E-state index >= 15 is 0 Å². The second-order valence-corrected chi connectivity index (χ2v) is 4.64. The van der Waals surface area contributed by atoms with Crippen molar-refractivity contribution in [2.75, 3.05) is 11.0 Å². The quantitative estimate of drug-likeness (QED) is 0.483. The predicted molar refractivity (Wildman–Crippen MR) is 71.0 cm³/mol. The molecule has 0 bridgehead atoms. The van der Waals surface area contributed by atoms with E-state index < -0.39 is 0 Å². The third-order valence-corrected chi connectivity index (χ3v) is 2.95. The highest BCUT2D eigenvalue weighted by Gasteiger charge is 1.91. The van der Waals surface area contributed by atoms with Crippen molar-refractivity contribution < 1.29 is 0 Å². The normalized spacial score (nSPS) is 10.4. The van der Waals surface area contributed by atoms with Gasteiger partial charge in [-0.05, 0) is 36.3 Å². The maximum Gasteiger partial charge on any atom is 0.0205 e. The molecule has 1 nitrogen and oxygen atoms in total. The number of unbranched alkanes of at least 4 members (excludes halogenated alkanes) is 1. The molecule has 0 radical (unpaired) electrons. The third-order valence-electron chi connectivity index (χ3n) is 2.19. The Hall–Kier alpha value is -0.0900. The van der Waals surface area contributed by atoms with E-state index in [0.717, 1.165) is 13.1 Å². The van der Waals surface area contributed by atoms with Crippen LogP contribution in [0.2, 0.25) is 0 Å². The molecule has 78 valence electrons. The molecule has 2 heteroatoms. The fourth-order valence-corrected chi connectivity index (χ4v) is 1.82. The van der Waals surface area contributed by atoms with E-state index in [9.17, 15) is 0 Å². The van der Waals surface area contributed by atoms with Crippen molar-refractivity contribution in [1.82, 2.24) is 5.32 Å². The Morgan fingerprint density at radius 3 is 2.50 bits per heavy atom. The fraction of sp³-hybridized carbons (Fsp3) is 0.500. The molecule has 1 aromatic rings. The molecule has 0 heterocycles. The van der Waals surface area contributed by atoms with E-state index in [1.165, 1.54) is 28.4 Å². The van der Waals surface area contributed by atoms with E-state index in [1.807, 2.05) is 0 Å². The maximum atomic E-state index is 3.45. The number of rotatable bonds is 6. The lowest BCUT2D eigenvalue weighted by Crippen LogP contribution is -2.14. The molecule has 0 saturated heterocycles. The van der Waals surface area contributed by atoms with Crippen LogP contribution < -0.4 is 5.32 Å². The summed E-state index contributed by atoms with van der Waals surface area (Å²) in [6, 6.07) is 8.73. The van der Waals surface area contributed by atoms with Crippen molar-refractivity contribution in [2.45, 2.75) is 26.3 Å². The van der Waals surface area contributed by atoms with Crippen LogP contribution in [0.25, 0.3) is 0 Å². The average Bonchev–Trinajstić information content (AvgIpc) is 2.21. The molecule has 0 aromatic heterocycles. The van der Waals surface area contributed by atoms with E-state index in [-0.39, 0.29) is 0 Å². The van der Waals surface area contributed by atoms with E-state index in [0.29, 0.717) is 0 Å². The molecule has 0 saturated carbocycles. The van der Waals surface area contributed by atoms with Gasteiger partial charge in [0.25, 0.3) is 0 Å². The smallest absolute Gasteiger partial charge is 0.0205 e. The Bertz CT molecular complexity index is 243. The van der Waals surface area contributed by atoms with Crippen LogP contribution in [-0.2, 0) is 6.54 Å². The predicted octanol–water partition coefficient (Wildman–Crippen LogP) is 3.30. The summed E-state index contributed by atoms with van der Waals surface area (Å²) in [4.78, 5) is 0. The monoisotopic (exact) mass is 303 g/mol. The summed E-state index contributed by atoms with van der Waals surface area (Å²) in [6.45, 7) is 4.26. The first kappa shape index (κ1) is 12.0. The van der Waals surface area contributed by atoms with Gasteiger partial charge >= 0.3 is 0 Å². The highest BCUT2D eigenvalue weighted by molar-refractivity contribution is 14.1. The molecule has 0 atom stereocenters. The average molecular weight is 303 g/mol. The van der Waals surface area contributed by atoms with Gasteiger partial charge in [-0.3, -0.25) is 0 Å². The highest BCUT2D eigenvalue weighted by Crippen LogP contribution is 2.02. The first-order chi connectivity index (χ1) is 6.83. The van der Waals surface area contributed by atoms with Gasteiger partial charge in [0.1, 0.15) is 0 Å². The minimum atomic E-state index is 1.00. The summed E-state index contributed by atoms with van der Waals surface area (Å²) in [7, 11) is 0. The summed E-state index contributed by atoms with van der Waals surface area (Å²) in [6.07, 6.45) is 2.61. The molecule has 1 N–H and O–H groups in total. The Morgan fingerprint density at radius 1 is 1.14 bits per heavy atom. The Morgan fingerprint density at radius 2 is 1.86 bits per heavy atom. The van der Waals surface area contributed by atoms with Gasteiger partial charge in [0, 0.05) is 6.54 Å². The minimum absolute atomic E-state index is 1.00. The standard InChI is InChI=1S/C12H18IN/c1-11-4-6-12(7-5-11)10-14-9-3-2-8-13/h4-7,14H,2-3,8-10H2,1H3. The third kappa shape index (κ3) is 4.96. The van der Waals surface area contributed by atoms with Crippen LogP contribution in [0.4, 0.5) is 0 Å². The zero-order chi connectivity index (χ0) is 10.2. The van der Waals surface area contributed by atoms with Crippen LogP contribution in [0.5, 0.6) is 0 Å². The van der Waals surface area contributed by atoms with Crippen LogP contribution in [0.1, 0.15) is 24.0 Å². The molecular formula is C12H18IN. The van der Waals surface area contributed by atoms with Crippen molar-refractivity contribution >= 4 is 22.6 Å². The van der Waals surface area contributed by atoms with Gasteiger partial charge in [-0.1, -0.05) is 52.4 Å². The second-order valence-electron chi connectivity index (χ2n) is 3.56. The Kier molecular flexibility index (Phi) is 6.19. The van der Waals surface area contributed by atoms with E-state index in [2.05, 4.69) is 59.1 Å². The number of hydrogen-bond acceptors (Lipinski definition) is 1. The van der Waals surface area contributed by atoms with Crippen molar-refractivity contribution in [3.05, 3.63) is 35.4 Å². The second kappa shape index (κ2) is 7.23. The van der Waals surface area contributed by atoms with Gasteiger partial charge in [-0.15, -0.1) is 0 Å². The molecule has 0 unspecified atom stereocenters. The number of hydrogen-bond donors (Lipinski definition) is 1. The zero-order valence-corrected chi connectivity index (χ0v) is 10.9. The topological polar surface area (TPSA) is 12.0 Å². The van der Waals surface area contributed by atoms with Crippen LogP contribution in [-0.4, -0.2) is 11.0 Å². The molecule has 1 aromatic carbocycles. The largest absolute Gasteiger partial charge is 0.313 e. The molecule has 0 spiro atoms. The van der Waals surface area contributed by atoms with Gasteiger partial charge in [0.15, 0.2) is 0 Å². The molecule has 1 rings (SSSR count). The van der Waals surface area contributed by atoms with Crippen molar-refractivity contribution in [2.24, 2.45) is 0 Å². The first-order valence-corrected chi connectivity index (χ1v) is 6.67. The summed E-state index contributed by atoms with van der Waals surface area (Å²) >= 11 is 2.43. The molecule has 14 heavy (non-hydrogen) atoms. The van der Waals surface area contributed by atoms with Gasteiger partial charge in [0.05, 0.1) is 0 Å². The molecular weight excluding hydrogens is 285 g/mol. The van der Waals surface area contributed by atoms with Crippen molar-refractivity contribution in [3.63, 3.8) is 0 Å². The fourth-order valence-electron chi connectivity index (χ4n) is 1.28. The van der Waals surface area contributed by atoms with Crippen LogP contribution in [0.15, 0.2) is 24.3 Å². The summed E-state index contributed by atoms with van der Waals surface area (Å²) < 4.78 is 1.27. The number of alkyl halides is 1. The zero-order valence-electron chi connectivity index (χ0n) is 8.72. The number of halogens is 1. The van der Waals surface area contributed by atoms with Gasteiger partial charge in [0.2, 0.25) is 0 Å². The van der Waals surface area contributed by atoms with Gasteiger partial charge in [-0.2, -0.15) is 0 Å². The lowest BCUT2D eigenvalue weighted by atomic mass is 10.1. The highest BCUT2D eigenvalue weighted by atomic mass is 127. The SMILES string of the molecule is Cc1ccc(CNCCCCI)cc1. The lowest BCUT2D eigenvalue weighted by Gasteiger charge is -2.04. The van der Waals surface area contributed by atoms with Crippen molar-refractivity contribution in [1.29, 1.82) is 0 Å². The van der Waals surface area contributed by atoms with Gasteiger partial charge in [-0.25, -0.2) is 0 Å². The number of aryl methyl sites for hydroxylation is 1. The van der Waals surface area contributed by atoms with Crippen LogP contribution in [0.3, 0.4) is 0 Å². The lowest BCUT2D eigenvalue weighted by molar-refractivity contribution is 0.645. The molecule has 0 aliphatic heterocycles. The van der Waals surface area contributed by atoms with Crippen molar-refractivity contribution in [3.8, 4) is 0 Å². The molecule has 0 amide bonds. The molecule has 0 aliphatic rings. The molecule has 0 fully saturated rings. The molecule has 0 aliphatic carbocycles. The van der Waals surface area contributed by atoms with E-state index in [4.69, 9.17) is 0 Å². The van der Waals surface area contributed by atoms with Gasteiger partial charge < -0.3 is 5.32 Å². The number of nitrogens with one attached hydrogen (secondary N) is 1. The summed E-state index contributed by atoms with van der Waals surface area (Å²) in [5.41, 5.74) is 2.71. The maximum absolute atomic E-state index is 3.45. The minimum Gasteiger partial charge on any atom is -0.313 e. The Balaban J connectivity index is 2.15. The Labute approximate surface area is 100 Å². The van der Waals surface area contributed by atoms with Crippen LogP contribution >= 0.6 is 22.6 Å². The number of benzene rings is 1. The van der Waals surface area contributed by atoms with Crippen LogP contribution in [0, 0.1) is 6.92 Å². The first-order valence-electron chi connectivity index (χ1n) is 5.15. The summed E-state index contributed by atoms with van der Waals surface area (Å²) in [5.74, 6) is 0.